The van der Waals surface area contributed by atoms with Gasteiger partial charge in [-0.3, -0.25) is 14.8 Å². The first-order valence-corrected chi connectivity index (χ1v) is 8.50. The Hall–Kier alpha value is -3.41. The average molecular weight is 381 g/mol. The van der Waals surface area contributed by atoms with E-state index in [1.165, 1.54) is 5.48 Å². The zero-order valence-corrected chi connectivity index (χ0v) is 15.9. The number of hydroxylamine groups is 1. The van der Waals surface area contributed by atoms with Crippen LogP contribution in [-0.4, -0.2) is 38.2 Å². The van der Waals surface area contributed by atoms with E-state index in [4.69, 9.17) is 10.9 Å². The van der Waals surface area contributed by atoms with Crippen LogP contribution in [0.25, 0.3) is 6.08 Å². The summed E-state index contributed by atoms with van der Waals surface area (Å²) in [5, 5.41) is 11.4. The summed E-state index contributed by atoms with van der Waals surface area (Å²) in [6.45, 7) is 3.15. The lowest BCUT2D eigenvalue weighted by Gasteiger charge is -2.29. The first kappa shape index (κ1) is 20.9. The van der Waals surface area contributed by atoms with Crippen molar-refractivity contribution in [3.63, 3.8) is 0 Å². The smallest absolute Gasteiger partial charge is 0.267 e. The maximum atomic E-state index is 12.4. The summed E-state index contributed by atoms with van der Waals surface area (Å²) in [5.41, 5.74) is 8.24. The van der Waals surface area contributed by atoms with E-state index < -0.39 is 23.4 Å². The maximum Gasteiger partial charge on any atom is 0.267 e. The minimum atomic E-state index is -1.10. The Morgan fingerprint density at radius 3 is 2.54 bits per heavy atom. The second kappa shape index (κ2) is 8.99. The molecule has 1 aromatic carbocycles. The van der Waals surface area contributed by atoms with Gasteiger partial charge in [0.2, 0.25) is 0 Å². The summed E-state index contributed by atoms with van der Waals surface area (Å²) >= 11 is 0. The van der Waals surface area contributed by atoms with E-state index in [0.717, 1.165) is 11.3 Å². The molecule has 1 atom stereocenters. The summed E-state index contributed by atoms with van der Waals surface area (Å²) in [4.78, 5) is 28.3. The Morgan fingerprint density at radius 1 is 1.32 bits per heavy atom. The van der Waals surface area contributed by atoms with Crippen molar-refractivity contribution in [2.75, 3.05) is 0 Å². The highest BCUT2D eigenvalue weighted by molar-refractivity contribution is 5.97. The van der Waals surface area contributed by atoms with Crippen molar-refractivity contribution in [2.45, 2.75) is 25.4 Å². The van der Waals surface area contributed by atoms with Gasteiger partial charge in [0.15, 0.2) is 0 Å². The first-order valence-electron chi connectivity index (χ1n) is 8.50. The Labute approximate surface area is 163 Å². The van der Waals surface area contributed by atoms with Gasteiger partial charge in [-0.25, -0.2) is 10.5 Å². The lowest BCUT2D eigenvalue weighted by molar-refractivity contribution is -0.132. The van der Waals surface area contributed by atoms with Gasteiger partial charge in [0, 0.05) is 29.9 Å². The molecule has 2 aromatic rings. The zero-order chi connectivity index (χ0) is 20.7. The molecule has 0 unspecified atom stereocenters. The van der Waals surface area contributed by atoms with Crippen molar-refractivity contribution in [3.05, 3.63) is 59.7 Å². The number of rotatable bonds is 5. The molecule has 0 aliphatic carbocycles. The number of aromatic nitrogens is 2. The van der Waals surface area contributed by atoms with E-state index in [0.29, 0.717) is 5.56 Å². The van der Waals surface area contributed by atoms with Gasteiger partial charge in [-0.05, 0) is 50.3 Å². The molecule has 0 saturated carbocycles. The molecule has 0 radical (unpaired) electrons. The largest absolute Gasteiger partial charge is 0.340 e. The fraction of sp³-hybridized carbons (Fsp3) is 0.250. The number of carbonyl (C=O) groups excluding carboxylic acids is 2. The van der Waals surface area contributed by atoms with Gasteiger partial charge in [0.05, 0.1) is 12.0 Å². The van der Waals surface area contributed by atoms with E-state index in [-0.39, 0.29) is 0 Å². The first-order chi connectivity index (χ1) is 13.2. The SMILES string of the molecule is Cn1cnc(/C=C/C#Cc2ccc(C(=O)N[C@H](C(=O)NO)C(C)(C)N)cc2)c1. The van der Waals surface area contributed by atoms with Crippen LogP contribution < -0.4 is 16.5 Å². The van der Waals surface area contributed by atoms with Crippen LogP contribution in [0, 0.1) is 11.8 Å². The molecule has 8 nitrogen and oxygen atoms in total. The normalized spacial score (nSPS) is 12.2. The number of nitrogens with one attached hydrogen (secondary N) is 2. The Bertz CT molecular complexity index is 927. The van der Waals surface area contributed by atoms with Crippen LogP contribution in [0.4, 0.5) is 0 Å². The number of carbonyl (C=O) groups is 2. The molecule has 1 aromatic heterocycles. The number of nitrogens with two attached hydrogens (primary N) is 1. The molecule has 2 rings (SSSR count). The van der Waals surface area contributed by atoms with Crippen LogP contribution in [0.3, 0.4) is 0 Å². The van der Waals surface area contributed by atoms with Gasteiger partial charge < -0.3 is 15.6 Å². The Balaban J connectivity index is 2.03. The van der Waals surface area contributed by atoms with Crippen molar-refractivity contribution in [3.8, 4) is 11.8 Å². The Kier molecular flexibility index (Phi) is 6.71. The quantitative estimate of drug-likeness (QED) is 0.347. The number of allylic oxidation sites excluding steroid dienone is 1. The molecule has 146 valence electrons. The topological polar surface area (TPSA) is 122 Å². The molecule has 0 spiro atoms. The second-order valence-corrected chi connectivity index (χ2v) is 6.85. The molecule has 0 aliphatic heterocycles. The number of amides is 2. The average Bonchev–Trinajstić information content (AvgIpc) is 3.07. The molecule has 0 fully saturated rings. The van der Waals surface area contributed by atoms with E-state index in [1.54, 1.807) is 56.6 Å². The van der Waals surface area contributed by atoms with E-state index >= 15 is 0 Å². The minimum Gasteiger partial charge on any atom is -0.340 e. The molecule has 28 heavy (non-hydrogen) atoms. The third-order valence-corrected chi connectivity index (χ3v) is 3.82. The number of nitrogens with zero attached hydrogens (tertiary/aromatic N) is 2. The fourth-order valence-electron chi connectivity index (χ4n) is 2.34. The molecule has 0 bridgehead atoms. The highest BCUT2D eigenvalue weighted by Gasteiger charge is 2.33. The van der Waals surface area contributed by atoms with Gasteiger partial charge in [-0.15, -0.1) is 0 Å². The van der Waals surface area contributed by atoms with Crippen LogP contribution >= 0.6 is 0 Å². The highest BCUT2D eigenvalue weighted by Crippen LogP contribution is 2.09. The van der Waals surface area contributed by atoms with Gasteiger partial charge >= 0.3 is 0 Å². The van der Waals surface area contributed by atoms with Crippen molar-refractivity contribution in [1.82, 2.24) is 20.3 Å². The zero-order valence-electron chi connectivity index (χ0n) is 15.9. The van der Waals surface area contributed by atoms with Crippen molar-refractivity contribution >= 4 is 17.9 Å². The molecule has 1 heterocycles. The number of aryl methyl sites for hydroxylation is 1. The van der Waals surface area contributed by atoms with E-state index in [2.05, 4.69) is 22.1 Å². The van der Waals surface area contributed by atoms with Crippen molar-refractivity contribution in [1.29, 1.82) is 0 Å². The number of benzene rings is 1. The van der Waals surface area contributed by atoms with Gasteiger partial charge in [-0.2, -0.15) is 0 Å². The molecule has 8 heteroatoms. The third-order valence-electron chi connectivity index (χ3n) is 3.82. The molecule has 0 saturated heterocycles. The summed E-state index contributed by atoms with van der Waals surface area (Å²) in [6, 6.07) is 5.50. The lowest BCUT2D eigenvalue weighted by atomic mass is 9.95. The van der Waals surface area contributed by atoms with E-state index in [9.17, 15) is 9.59 Å². The number of hydrogen-bond acceptors (Lipinski definition) is 5. The maximum absolute atomic E-state index is 12.4. The van der Waals surface area contributed by atoms with Crippen LogP contribution in [0.5, 0.6) is 0 Å². The van der Waals surface area contributed by atoms with E-state index in [1.807, 2.05) is 17.8 Å². The summed E-state index contributed by atoms with van der Waals surface area (Å²) in [5.74, 6) is 4.59. The molecular formula is C20H23N5O3. The molecule has 2 amide bonds. The van der Waals surface area contributed by atoms with Crippen LogP contribution in [-0.2, 0) is 11.8 Å². The molecule has 5 N–H and O–H groups in total. The fourth-order valence-corrected chi connectivity index (χ4v) is 2.34. The van der Waals surface area contributed by atoms with Crippen LogP contribution in [0.15, 0.2) is 42.9 Å². The lowest BCUT2D eigenvalue weighted by Crippen LogP contribution is -2.61. The Morgan fingerprint density at radius 2 is 2.00 bits per heavy atom. The van der Waals surface area contributed by atoms with Crippen molar-refractivity contribution in [2.24, 2.45) is 12.8 Å². The summed E-state index contributed by atoms with van der Waals surface area (Å²) in [6.07, 6.45) is 7.08. The van der Waals surface area contributed by atoms with Gasteiger partial charge in [0.1, 0.15) is 6.04 Å². The van der Waals surface area contributed by atoms with Crippen molar-refractivity contribution < 1.29 is 14.8 Å². The number of imidazole rings is 1. The second-order valence-electron chi connectivity index (χ2n) is 6.85. The number of hydrogen-bond donors (Lipinski definition) is 4. The van der Waals surface area contributed by atoms with Gasteiger partial charge in [0.25, 0.3) is 11.8 Å². The third kappa shape index (κ3) is 5.81. The minimum absolute atomic E-state index is 0.342. The highest BCUT2D eigenvalue weighted by atomic mass is 16.5. The summed E-state index contributed by atoms with van der Waals surface area (Å²) < 4.78 is 1.84. The van der Waals surface area contributed by atoms with Crippen LogP contribution in [0.2, 0.25) is 0 Å². The molecular weight excluding hydrogens is 358 g/mol. The monoisotopic (exact) mass is 381 g/mol. The summed E-state index contributed by atoms with van der Waals surface area (Å²) in [7, 11) is 1.89. The van der Waals surface area contributed by atoms with Crippen LogP contribution in [0.1, 0.15) is 35.5 Å². The van der Waals surface area contributed by atoms with Gasteiger partial charge in [-0.1, -0.05) is 11.8 Å². The predicted octanol–water partition coefficient (Wildman–Crippen LogP) is 0.826. The predicted molar refractivity (Wildman–Crippen MR) is 105 cm³/mol. The molecule has 0 aliphatic rings. The standard InChI is InChI=1S/C20H23N5O3/c1-20(2,21)17(19(27)24-28)23-18(26)15-10-8-14(9-11-15)6-4-5-7-16-12-25(3)13-22-16/h5,7-13,17,28H,21H2,1-3H3,(H,23,26)(H,24,27)/b7-5+/t17-/m1/s1.